The largest absolute Gasteiger partial charge is 0.395 e. The van der Waals surface area contributed by atoms with Crippen molar-refractivity contribution in [3.8, 4) is 0 Å². The van der Waals surface area contributed by atoms with Crippen LogP contribution >= 0.6 is 39.3 Å². The molecule has 3 fully saturated rings. The van der Waals surface area contributed by atoms with Crippen molar-refractivity contribution in [2.45, 2.75) is 40.8 Å². The molecule has 6 atom stereocenters. The number of carbonyl (C=O) groups excluding carboxylic acids is 3. The number of halogens is 2. The van der Waals surface area contributed by atoms with E-state index in [2.05, 4.69) is 26.6 Å². The molecule has 2 bridgehead atoms. The van der Waals surface area contributed by atoms with E-state index in [1.54, 1.807) is 17.8 Å². The molecule has 2 aromatic carbocycles. The van der Waals surface area contributed by atoms with E-state index in [9.17, 15) is 19.5 Å². The van der Waals surface area contributed by atoms with Gasteiger partial charge in [0.05, 0.1) is 33.9 Å². The van der Waals surface area contributed by atoms with Crippen molar-refractivity contribution in [1.82, 2.24) is 10.2 Å². The Bertz CT molecular complexity index is 1180. The molecule has 190 valence electrons. The molecule has 5 rings (SSSR count). The van der Waals surface area contributed by atoms with Gasteiger partial charge in [0.2, 0.25) is 17.7 Å². The second kappa shape index (κ2) is 10.0. The Labute approximate surface area is 227 Å². The second-order valence-electron chi connectivity index (χ2n) is 9.54. The summed E-state index contributed by atoms with van der Waals surface area (Å²) in [7, 11) is 0. The van der Waals surface area contributed by atoms with Gasteiger partial charge < -0.3 is 20.6 Å². The van der Waals surface area contributed by atoms with Crippen LogP contribution in [-0.4, -0.2) is 61.7 Å². The first-order valence-corrected chi connectivity index (χ1v) is 14.1. The number of thioether (sulfide) groups is 1. The SMILES string of the molecule is Cc1cccc(Cl)c1NC(=O)C1N(CCO)C(=O)[C@@H]2[C@@H](C(=O)NCc3ccccc3)[C@@H]3SC12CC3Br. The fraction of sp³-hybridized carbons (Fsp3) is 0.423. The Morgan fingerprint density at radius 3 is 2.64 bits per heavy atom. The minimum atomic E-state index is -0.834. The van der Waals surface area contributed by atoms with Gasteiger partial charge in [0.1, 0.15) is 6.04 Å². The molecule has 3 aliphatic rings. The topological polar surface area (TPSA) is 98.7 Å². The fourth-order valence-electron chi connectivity index (χ4n) is 5.96. The van der Waals surface area contributed by atoms with Crippen LogP contribution in [0.1, 0.15) is 17.5 Å². The summed E-state index contributed by atoms with van der Waals surface area (Å²) in [6.07, 6.45) is 0.572. The summed E-state index contributed by atoms with van der Waals surface area (Å²) in [5.74, 6) is -2.02. The van der Waals surface area contributed by atoms with Crippen LogP contribution in [0.15, 0.2) is 48.5 Å². The van der Waals surface area contributed by atoms with Gasteiger partial charge in [-0.3, -0.25) is 14.4 Å². The number of rotatable bonds is 7. The number of β-amino-alcohol motifs (C(OH)–C–C–N with tert-alkyl or cyclic N) is 1. The van der Waals surface area contributed by atoms with Crippen LogP contribution < -0.4 is 10.6 Å². The van der Waals surface area contributed by atoms with Gasteiger partial charge in [-0.1, -0.05) is 70.0 Å². The van der Waals surface area contributed by atoms with Crippen molar-refractivity contribution >= 4 is 62.7 Å². The van der Waals surface area contributed by atoms with Gasteiger partial charge >= 0.3 is 0 Å². The summed E-state index contributed by atoms with van der Waals surface area (Å²) in [4.78, 5) is 42.5. The van der Waals surface area contributed by atoms with Crippen molar-refractivity contribution in [1.29, 1.82) is 0 Å². The van der Waals surface area contributed by atoms with Gasteiger partial charge in [-0.15, -0.1) is 11.8 Å². The minimum absolute atomic E-state index is 0.0210. The number of carbonyl (C=O) groups is 3. The van der Waals surface area contributed by atoms with E-state index in [-0.39, 0.29) is 41.0 Å². The first-order valence-electron chi connectivity index (χ1n) is 11.9. The predicted molar refractivity (Wildman–Crippen MR) is 144 cm³/mol. The molecule has 36 heavy (non-hydrogen) atoms. The number of fused-ring (bicyclic) bond motifs is 1. The van der Waals surface area contributed by atoms with E-state index >= 15 is 0 Å². The van der Waals surface area contributed by atoms with Crippen molar-refractivity contribution in [3.63, 3.8) is 0 Å². The maximum Gasteiger partial charge on any atom is 0.248 e. The van der Waals surface area contributed by atoms with Crippen LogP contribution in [0, 0.1) is 18.8 Å². The minimum Gasteiger partial charge on any atom is -0.395 e. The van der Waals surface area contributed by atoms with E-state index < -0.39 is 22.6 Å². The number of aliphatic hydroxyl groups excluding tert-OH is 1. The zero-order valence-corrected chi connectivity index (χ0v) is 22.8. The molecule has 0 saturated carbocycles. The first-order chi connectivity index (χ1) is 17.3. The average molecular weight is 593 g/mol. The smallest absolute Gasteiger partial charge is 0.248 e. The number of amides is 3. The molecule has 3 aliphatic heterocycles. The average Bonchev–Trinajstić information content (AvgIpc) is 3.44. The maximum atomic E-state index is 13.8. The summed E-state index contributed by atoms with van der Waals surface area (Å²) in [6, 6.07) is 14.1. The molecule has 2 aromatic rings. The Hall–Kier alpha value is -2.07. The lowest BCUT2D eigenvalue weighted by Crippen LogP contribution is -2.53. The van der Waals surface area contributed by atoms with Gasteiger partial charge in [-0.05, 0) is 30.5 Å². The van der Waals surface area contributed by atoms with Crippen LogP contribution in [0.3, 0.4) is 0 Å². The number of hydrogen-bond donors (Lipinski definition) is 3. The standard InChI is InChI=1S/C26H27BrClN3O4S/c1-14-6-5-9-17(28)20(14)30-24(34)22-26-12-16(27)21(36-26)18(19(26)25(35)31(22)10-11-32)23(33)29-13-15-7-3-2-4-8-15/h2-9,16,18-19,21-22,32H,10-13H2,1H3,(H,29,33)(H,30,34)/t16?,18-,19+,21-,22?,26?/m1/s1. The van der Waals surface area contributed by atoms with E-state index in [1.807, 2.05) is 49.4 Å². The molecule has 0 aliphatic carbocycles. The maximum absolute atomic E-state index is 13.8. The van der Waals surface area contributed by atoms with Crippen molar-refractivity contribution < 1.29 is 19.5 Å². The van der Waals surface area contributed by atoms with Crippen molar-refractivity contribution in [2.24, 2.45) is 11.8 Å². The number of nitrogens with one attached hydrogen (secondary N) is 2. The summed E-state index contributed by atoms with van der Waals surface area (Å²) < 4.78 is -0.779. The van der Waals surface area contributed by atoms with E-state index in [1.165, 1.54) is 4.90 Å². The summed E-state index contributed by atoms with van der Waals surface area (Å²) in [5, 5.41) is 16.0. The van der Waals surface area contributed by atoms with Crippen LogP contribution in [0.4, 0.5) is 5.69 Å². The van der Waals surface area contributed by atoms with Crippen LogP contribution in [-0.2, 0) is 20.9 Å². The molecule has 3 saturated heterocycles. The third kappa shape index (κ3) is 4.14. The third-order valence-electron chi connectivity index (χ3n) is 7.46. The summed E-state index contributed by atoms with van der Waals surface area (Å²) in [5.41, 5.74) is 2.28. The number of anilines is 1. The quantitative estimate of drug-likeness (QED) is 0.429. The molecule has 3 amide bonds. The zero-order chi connectivity index (χ0) is 25.6. The number of hydrogen-bond acceptors (Lipinski definition) is 5. The second-order valence-corrected chi connectivity index (χ2v) is 12.7. The van der Waals surface area contributed by atoms with Crippen molar-refractivity contribution in [3.05, 3.63) is 64.7 Å². The molecule has 0 radical (unpaired) electrons. The first kappa shape index (κ1) is 25.6. The normalized spacial score (nSPS) is 30.4. The Balaban J connectivity index is 1.46. The predicted octanol–water partition coefficient (Wildman–Crippen LogP) is 3.36. The van der Waals surface area contributed by atoms with E-state index in [0.717, 1.165) is 11.1 Å². The highest BCUT2D eigenvalue weighted by atomic mass is 79.9. The lowest BCUT2D eigenvalue weighted by atomic mass is 9.70. The number of alkyl halides is 1. The molecule has 0 aromatic heterocycles. The molecule has 1 spiro atoms. The number of benzene rings is 2. The van der Waals surface area contributed by atoms with Crippen LogP contribution in [0.2, 0.25) is 5.02 Å². The molecule has 10 heteroatoms. The number of likely N-dealkylation sites (tertiary alicyclic amines) is 1. The molecule has 3 N–H and O–H groups in total. The monoisotopic (exact) mass is 591 g/mol. The number of para-hydroxylation sites is 1. The lowest BCUT2D eigenvalue weighted by molar-refractivity contribution is -0.139. The van der Waals surface area contributed by atoms with Crippen molar-refractivity contribution in [2.75, 3.05) is 18.5 Å². The Kier molecular flexibility index (Phi) is 7.11. The van der Waals surface area contributed by atoms with Gasteiger partial charge in [-0.2, -0.15) is 0 Å². The van der Waals surface area contributed by atoms with Gasteiger partial charge in [0.15, 0.2) is 0 Å². The fourth-order valence-corrected chi connectivity index (χ4v) is 9.85. The number of aliphatic hydroxyl groups is 1. The summed E-state index contributed by atoms with van der Waals surface area (Å²) >= 11 is 11.7. The Morgan fingerprint density at radius 2 is 1.94 bits per heavy atom. The van der Waals surface area contributed by atoms with E-state index in [4.69, 9.17) is 11.6 Å². The van der Waals surface area contributed by atoms with Gasteiger partial charge in [0.25, 0.3) is 0 Å². The number of nitrogens with zero attached hydrogens (tertiary/aromatic N) is 1. The molecular formula is C26H27BrClN3O4S. The van der Waals surface area contributed by atoms with Gasteiger partial charge in [-0.25, -0.2) is 0 Å². The highest BCUT2D eigenvalue weighted by Crippen LogP contribution is 2.67. The lowest BCUT2D eigenvalue weighted by Gasteiger charge is -2.35. The van der Waals surface area contributed by atoms with E-state index in [0.29, 0.717) is 23.7 Å². The number of aryl methyl sites for hydroxylation is 1. The van der Waals surface area contributed by atoms with Crippen LogP contribution in [0.5, 0.6) is 0 Å². The highest BCUT2D eigenvalue weighted by Gasteiger charge is 2.75. The van der Waals surface area contributed by atoms with Crippen LogP contribution in [0.25, 0.3) is 0 Å². The Morgan fingerprint density at radius 1 is 1.19 bits per heavy atom. The summed E-state index contributed by atoms with van der Waals surface area (Å²) in [6.45, 7) is 1.96. The van der Waals surface area contributed by atoms with Gasteiger partial charge in [0, 0.05) is 23.2 Å². The molecule has 3 heterocycles. The molecule has 7 nitrogen and oxygen atoms in total. The molecular weight excluding hydrogens is 566 g/mol. The zero-order valence-electron chi connectivity index (χ0n) is 19.6. The third-order valence-corrected chi connectivity index (χ3v) is 11.0. The molecule has 3 unspecified atom stereocenters. The highest BCUT2D eigenvalue weighted by molar-refractivity contribution is 9.09.